The Morgan fingerprint density at radius 3 is 2.61 bits per heavy atom. The molecule has 4 heteroatoms. The first-order chi connectivity index (χ1) is 11.0. The fourth-order valence-electron chi connectivity index (χ4n) is 2.25. The summed E-state index contributed by atoms with van der Waals surface area (Å²) < 4.78 is 18.3. The average Bonchev–Trinajstić information content (AvgIpc) is 2.55. The van der Waals surface area contributed by atoms with Gasteiger partial charge in [0, 0.05) is 5.56 Å². The second kappa shape index (κ2) is 6.01. The number of fused-ring (bicyclic) bond motifs is 1. The van der Waals surface area contributed by atoms with Crippen molar-refractivity contribution in [2.45, 2.75) is 6.92 Å². The lowest BCUT2D eigenvalue weighted by Crippen LogP contribution is -2.05. The quantitative estimate of drug-likeness (QED) is 0.540. The van der Waals surface area contributed by atoms with Gasteiger partial charge in [-0.05, 0) is 55.5 Å². The molecule has 0 saturated carbocycles. The Morgan fingerprint density at radius 1 is 1.13 bits per heavy atom. The minimum absolute atomic E-state index is 0.196. The zero-order valence-electron chi connectivity index (χ0n) is 12.4. The van der Waals surface area contributed by atoms with Crippen LogP contribution in [0.1, 0.15) is 21.5 Å². The van der Waals surface area contributed by atoms with Gasteiger partial charge in [0.1, 0.15) is 17.7 Å². The predicted octanol–water partition coefficient (Wildman–Crippen LogP) is 4.14. The van der Waals surface area contributed by atoms with Gasteiger partial charge in [0.05, 0.1) is 10.9 Å². The maximum Gasteiger partial charge on any atom is 0.199 e. The van der Waals surface area contributed by atoms with Crippen LogP contribution in [0, 0.1) is 12.7 Å². The van der Waals surface area contributed by atoms with Gasteiger partial charge in [0.25, 0.3) is 0 Å². The molecule has 0 aliphatic rings. The monoisotopic (exact) mass is 308 g/mol. The van der Waals surface area contributed by atoms with Gasteiger partial charge < -0.3 is 4.42 Å². The summed E-state index contributed by atoms with van der Waals surface area (Å²) in [7, 11) is 0. The lowest BCUT2D eigenvalue weighted by Gasteiger charge is -2.00. The fourth-order valence-corrected chi connectivity index (χ4v) is 2.25. The van der Waals surface area contributed by atoms with Crippen LogP contribution in [-0.4, -0.2) is 5.78 Å². The molecule has 2 aromatic carbocycles. The van der Waals surface area contributed by atoms with Crippen molar-refractivity contribution in [1.82, 2.24) is 0 Å². The van der Waals surface area contributed by atoms with Gasteiger partial charge in [0.2, 0.25) is 0 Å². The normalized spacial score (nSPS) is 11.2. The highest BCUT2D eigenvalue weighted by molar-refractivity contribution is 6.06. The molecule has 0 unspecified atom stereocenters. The molecule has 0 saturated heterocycles. The highest BCUT2D eigenvalue weighted by atomic mass is 19.1. The van der Waals surface area contributed by atoms with Crippen molar-refractivity contribution in [3.05, 3.63) is 87.5 Å². The zero-order valence-corrected chi connectivity index (χ0v) is 12.4. The third kappa shape index (κ3) is 3.11. The van der Waals surface area contributed by atoms with Gasteiger partial charge in [-0.15, -0.1) is 0 Å². The first-order valence-corrected chi connectivity index (χ1v) is 7.05. The van der Waals surface area contributed by atoms with Crippen molar-refractivity contribution >= 4 is 22.8 Å². The van der Waals surface area contributed by atoms with Crippen molar-refractivity contribution < 1.29 is 13.6 Å². The molecular weight excluding hydrogens is 295 g/mol. The summed E-state index contributed by atoms with van der Waals surface area (Å²) in [6.07, 6.45) is 4.02. The molecule has 0 fully saturated rings. The SMILES string of the molecule is Cc1ccc2occ(/C=C/C(=O)c3ccc(F)cc3)c(=O)c2c1. The van der Waals surface area contributed by atoms with Gasteiger partial charge in [0.15, 0.2) is 11.2 Å². The van der Waals surface area contributed by atoms with Crippen LogP contribution in [0.3, 0.4) is 0 Å². The van der Waals surface area contributed by atoms with E-state index in [-0.39, 0.29) is 11.2 Å². The van der Waals surface area contributed by atoms with Crippen LogP contribution in [0.15, 0.2) is 64.0 Å². The maximum atomic E-state index is 12.9. The number of ketones is 1. The van der Waals surface area contributed by atoms with Crippen LogP contribution in [0.2, 0.25) is 0 Å². The van der Waals surface area contributed by atoms with Gasteiger partial charge in [-0.3, -0.25) is 9.59 Å². The molecule has 0 N–H and O–H groups in total. The number of halogens is 1. The van der Waals surface area contributed by atoms with Crippen LogP contribution < -0.4 is 5.43 Å². The summed E-state index contributed by atoms with van der Waals surface area (Å²) in [6, 6.07) is 10.6. The summed E-state index contributed by atoms with van der Waals surface area (Å²) in [5.41, 5.74) is 1.90. The van der Waals surface area contributed by atoms with Crippen LogP contribution in [0.25, 0.3) is 17.0 Å². The molecular formula is C19H13FO3. The Labute approximate surface area is 131 Å². The van der Waals surface area contributed by atoms with Crippen LogP contribution in [0.4, 0.5) is 4.39 Å². The molecule has 1 aromatic heterocycles. The number of carbonyl (C=O) groups excluding carboxylic acids is 1. The molecule has 0 amide bonds. The Balaban J connectivity index is 1.94. The van der Waals surface area contributed by atoms with Gasteiger partial charge in [-0.25, -0.2) is 4.39 Å². The second-order valence-corrected chi connectivity index (χ2v) is 5.22. The van der Waals surface area contributed by atoms with Crippen molar-refractivity contribution in [3.8, 4) is 0 Å². The van der Waals surface area contributed by atoms with E-state index in [9.17, 15) is 14.0 Å². The topological polar surface area (TPSA) is 47.3 Å². The summed E-state index contributed by atoms with van der Waals surface area (Å²) >= 11 is 0. The maximum absolute atomic E-state index is 12.9. The summed E-state index contributed by atoms with van der Waals surface area (Å²) in [5, 5.41) is 0.474. The van der Waals surface area contributed by atoms with Gasteiger partial charge in [-0.2, -0.15) is 0 Å². The average molecular weight is 308 g/mol. The van der Waals surface area contributed by atoms with Gasteiger partial charge in [-0.1, -0.05) is 11.6 Å². The molecule has 114 valence electrons. The third-order valence-corrected chi connectivity index (χ3v) is 3.50. The number of rotatable bonds is 3. The molecule has 0 bridgehead atoms. The Bertz CT molecular complexity index is 966. The van der Waals surface area contributed by atoms with E-state index in [1.807, 2.05) is 13.0 Å². The number of hydrogen-bond acceptors (Lipinski definition) is 3. The summed E-state index contributed by atoms with van der Waals surface area (Å²) in [6.45, 7) is 1.89. The van der Waals surface area contributed by atoms with E-state index in [0.717, 1.165) is 5.56 Å². The standard InChI is InChI=1S/C19H13FO3/c1-12-2-9-18-16(10-12)19(22)14(11-23-18)5-8-17(21)13-3-6-15(20)7-4-13/h2-11H,1H3/b8-5+. The van der Waals surface area contributed by atoms with E-state index >= 15 is 0 Å². The lowest BCUT2D eigenvalue weighted by molar-refractivity contribution is 0.104. The van der Waals surface area contributed by atoms with Crippen LogP contribution >= 0.6 is 0 Å². The largest absolute Gasteiger partial charge is 0.463 e. The summed E-state index contributed by atoms with van der Waals surface area (Å²) in [4.78, 5) is 24.4. The number of allylic oxidation sites excluding steroid dienone is 1. The van der Waals surface area contributed by atoms with Gasteiger partial charge >= 0.3 is 0 Å². The first kappa shape index (κ1) is 14.9. The van der Waals surface area contributed by atoms with E-state index in [1.165, 1.54) is 42.7 Å². The van der Waals surface area contributed by atoms with E-state index in [2.05, 4.69) is 0 Å². The lowest BCUT2D eigenvalue weighted by atomic mass is 10.1. The number of carbonyl (C=O) groups is 1. The van der Waals surface area contributed by atoms with E-state index < -0.39 is 5.82 Å². The van der Waals surface area contributed by atoms with E-state index in [1.54, 1.807) is 12.1 Å². The van der Waals surface area contributed by atoms with Crippen molar-refractivity contribution in [3.63, 3.8) is 0 Å². The molecule has 0 atom stereocenters. The minimum Gasteiger partial charge on any atom is -0.463 e. The highest BCUT2D eigenvalue weighted by Gasteiger charge is 2.06. The van der Waals surface area contributed by atoms with E-state index in [4.69, 9.17) is 4.42 Å². The predicted molar refractivity (Wildman–Crippen MR) is 87.0 cm³/mol. The molecule has 23 heavy (non-hydrogen) atoms. The van der Waals surface area contributed by atoms with Crippen LogP contribution in [-0.2, 0) is 0 Å². The summed E-state index contributed by atoms with van der Waals surface area (Å²) in [5.74, 6) is -0.718. The molecule has 0 aliphatic heterocycles. The van der Waals surface area contributed by atoms with Crippen molar-refractivity contribution in [2.24, 2.45) is 0 Å². The first-order valence-electron chi connectivity index (χ1n) is 7.05. The number of hydrogen-bond donors (Lipinski definition) is 0. The minimum atomic E-state index is -0.406. The van der Waals surface area contributed by atoms with Crippen molar-refractivity contribution in [1.29, 1.82) is 0 Å². The molecule has 0 spiro atoms. The molecule has 0 aliphatic carbocycles. The smallest absolute Gasteiger partial charge is 0.199 e. The molecule has 3 rings (SSSR count). The number of aryl methyl sites for hydroxylation is 1. The van der Waals surface area contributed by atoms with Crippen LogP contribution in [0.5, 0.6) is 0 Å². The molecule has 3 aromatic rings. The Kier molecular flexibility index (Phi) is 3.89. The fraction of sp³-hybridized carbons (Fsp3) is 0.0526. The Morgan fingerprint density at radius 2 is 1.87 bits per heavy atom. The molecule has 1 heterocycles. The van der Waals surface area contributed by atoms with Crippen molar-refractivity contribution in [2.75, 3.05) is 0 Å². The highest BCUT2D eigenvalue weighted by Crippen LogP contribution is 2.14. The number of benzene rings is 2. The Hall–Kier alpha value is -3.01. The third-order valence-electron chi connectivity index (χ3n) is 3.50. The zero-order chi connectivity index (χ0) is 16.4. The van der Waals surface area contributed by atoms with E-state index in [0.29, 0.717) is 22.1 Å². The second-order valence-electron chi connectivity index (χ2n) is 5.22. The molecule has 3 nitrogen and oxygen atoms in total. The molecule has 0 radical (unpaired) electrons.